The van der Waals surface area contributed by atoms with Crippen LogP contribution in [0.4, 0.5) is 5.69 Å². The van der Waals surface area contributed by atoms with Gasteiger partial charge in [0.1, 0.15) is 0 Å². The summed E-state index contributed by atoms with van der Waals surface area (Å²) >= 11 is 5.44. The van der Waals surface area contributed by atoms with Crippen molar-refractivity contribution in [3.8, 4) is 0 Å². The van der Waals surface area contributed by atoms with Gasteiger partial charge in [-0.2, -0.15) is 0 Å². The first-order valence-electron chi connectivity index (χ1n) is 5.14. The standard InChI is InChI=1S/C11H15BrN2S/c12-10-5-9(13)1-2-11(10)15-4-3-8-6-14-7-8/h1-2,5,8,14H,3-4,6-7,13H2. The van der Waals surface area contributed by atoms with Gasteiger partial charge in [-0.05, 0) is 65.3 Å². The van der Waals surface area contributed by atoms with Crippen LogP contribution in [0.5, 0.6) is 0 Å². The van der Waals surface area contributed by atoms with Crippen molar-refractivity contribution >= 4 is 33.4 Å². The second-order valence-corrected chi connectivity index (χ2v) is 5.84. The number of hydrogen-bond acceptors (Lipinski definition) is 3. The number of nitrogens with two attached hydrogens (primary N) is 1. The molecule has 1 aliphatic heterocycles. The summed E-state index contributed by atoms with van der Waals surface area (Å²) in [6.45, 7) is 2.40. The average molecular weight is 287 g/mol. The molecule has 82 valence electrons. The van der Waals surface area contributed by atoms with Crippen LogP contribution in [-0.4, -0.2) is 18.8 Å². The summed E-state index contributed by atoms with van der Waals surface area (Å²) in [4.78, 5) is 1.29. The van der Waals surface area contributed by atoms with E-state index < -0.39 is 0 Å². The molecular weight excluding hydrogens is 272 g/mol. The average Bonchev–Trinajstić information content (AvgIpc) is 2.12. The van der Waals surface area contributed by atoms with Crippen LogP contribution in [0.15, 0.2) is 27.6 Å². The topological polar surface area (TPSA) is 38.0 Å². The van der Waals surface area contributed by atoms with E-state index in [1.54, 1.807) is 0 Å². The van der Waals surface area contributed by atoms with Gasteiger partial charge in [-0.15, -0.1) is 11.8 Å². The minimum Gasteiger partial charge on any atom is -0.399 e. The Morgan fingerprint density at radius 3 is 2.87 bits per heavy atom. The van der Waals surface area contributed by atoms with Crippen LogP contribution in [0, 0.1) is 5.92 Å². The second kappa shape index (κ2) is 5.23. The van der Waals surface area contributed by atoms with Gasteiger partial charge in [-0.3, -0.25) is 0 Å². The number of halogens is 1. The molecule has 0 aromatic heterocycles. The summed E-state index contributed by atoms with van der Waals surface area (Å²) in [5.41, 5.74) is 6.50. The van der Waals surface area contributed by atoms with Gasteiger partial charge in [0.05, 0.1) is 0 Å². The van der Waals surface area contributed by atoms with Crippen LogP contribution in [0.1, 0.15) is 6.42 Å². The molecule has 1 aliphatic rings. The summed E-state index contributed by atoms with van der Waals surface area (Å²) in [6.07, 6.45) is 1.30. The van der Waals surface area contributed by atoms with E-state index in [4.69, 9.17) is 5.73 Å². The van der Waals surface area contributed by atoms with E-state index in [-0.39, 0.29) is 0 Å². The quantitative estimate of drug-likeness (QED) is 0.660. The van der Waals surface area contributed by atoms with Gasteiger partial charge < -0.3 is 11.1 Å². The lowest BCUT2D eigenvalue weighted by Gasteiger charge is -2.26. The van der Waals surface area contributed by atoms with Crippen LogP contribution < -0.4 is 11.1 Å². The number of hydrogen-bond donors (Lipinski definition) is 2. The van der Waals surface area contributed by atoms with Crippen LogP contribution in [0.2, 0.25) is 0 Å². The molecule has 1 aromatic rings. The maximum absolute atomic E-state index is 5.69. The Balaban J connectivity index is 1.81. The Bertz CT molecular complexity index is 339. The molecule has 0 unspecified atom stereocenters. The van der Waals surface area contributed by atoms with E-state index in [2.05, 4.69) is 27.3 Å². The van der Waals surface area contributed by atoms with E-state index in [1.165, 1.54) is 30.2 Å². The smallest absolute Gasteiger partial charge is 0.0331 e. The maximum Gasteiger partial charge on any atom is 0.0331 e. The molecule has 1 heterocycles. The minimum atomic E-state index is 0.814. The molecule has 0 amide bonds. The van der Waals surface area contributed by atoms with Gasteiger partial charge in [0.15, 0.2) is 0 Å². The molecule has 0 saturated carbocycles. The number of rotatable bonds is 4. The maximum atomic E-state index is 5.69. The van der Waals surface area contributed by atoms with Crippen molar-refractivity contribution in [2.24, 2.45) is 5.92 Å². The first kappa shape index (κ1) is 11.3. The predicted octanol–water partition coefficient (Wildman–Crippen LogP) is 2.73. The highest BCUT2D eigenvalue weighted by Gasteiger charge is 2.15. The van der Waals surface area contributed by atoms with Gasteiger partial charge >= 0.3 is 0 Å². The van der Waals surface area contributed by atoms with Crippen LogP contribution >= 0.6 is 27.7 Å². The minimum absolute atomic E-state index is 0.814. The van der Waals surface area contributed by atoms with E-state index in [1.807, 2.05) is 23.9 Å². The molecule has 2 rings (SSSR count). The third-order valence-corrected chi connectivity index (χ3v) is 4.63. The van der Waals surface area contributed by atoms with Crippen molar-refractivity contribution in [2.45, 2.75) is 11.3 Å². The van der Waals surface area contributed by atoms with Crippen molar-refractivity contribution in [2.75, 3.05) is 24.6 Å². The molecular formula is C11H15BrN2S. The molecule has 0 atom stereocenters. The molecule has 15 heavy (non-hydrogen) atoms. The Morgan fingerprint density at radius 1 is 1.47 bits per heavy atom. The Morgan fingerprint density at radius 2 is 2.27 bits per heavy atom. The fraction of sp³-hybridized carbons (Fsp3) is 0.455. The molecule has 0 aliphatic carbocycles. The summed E-state index contributed by atoms with van der Waals surface area (Å²) in [5.74, 6) is 2.08. The van der Waals surface area contributed by atoms with Crippen molar-refractivity contribution in [3.63, 3.8) is 0 Å². The lowest BCUT2D eigenvalue weighted by molar-refractivity contribution is 0.341. The highest BCUT2D eigenvalue weighted by molar-refractivity contribution is 9.10. The van der Waals surface area contributed by atoms with Crippen molar-refractivity contribution < 1.29 is 0 Å². The zero-order valence-corrected chi connectivity index (χ0v) is 10.9. The zero-order valence-electron chi connectivity index (χ0n) is 8.50. The van der Waals surface area contributed by atoms with Gasteiger partial charge in [0.25, 0.3) is 0 Å². The molecule has 0 bridgehead atoms. The number of anilines is 1. The molecule has 1 fully saturated rings. The summed E-state index contributed by atoms with van der Waals surface area (Å²) < 4.78 is 1.11. The molecule has 1 aromatic carbocycles. The first-order chi connectivity index (χ1) is 7.25. The number of thioether (sulfide) groups is 1. The zero-order chi connectivity index (χ0) is 10.7. The van der Waals surface area contributed by atoms with E-state index in [9.17, 15) is 0 Å². The fourth-order valence-electron chi connectivity index (χ4n) is 1.52. The van der Waals surface area contributed by atoms with E-state index in [0.717, 1.165) is 16.1 Å². The number of benzene rings is 1. The second-order valence-electron chi connectivity index (χ2n) is 3.85. The SMILES string of the molecule is Nc1ccc(SCCC2CNC2)c(Br)c1. The van der Waals surface area contributed by atoms with Gasteiger partial charge in [0.2, 0.25) is 0 Å². The Kier molecular flexibility index (Phi) is 3.94. The van der Waals surface area contributed by atoms with E-state index in [0.29, 0.717) is 0 Å². The highest BCUT2D eigenvalue weighted by atomic mass is 79.9. The third kappa shape index (κ3) is 3.13. The summed E-state index contributed by atoms with van der Waals surface area (Å²) in [7, 11) is 0. The van der Waals surface area contributed by atoms with Crippen molar-refractivity contribution in [1.82, 2.24) is 5.32 Å². The van der Waals surface area contributed by atoms with Crippen LogP contribution in [0.25, 0.3) is 0 Å². The Labute approximate surface area is 103 Å². The molecule has 1 saturated heterocycles. The predicted molar refractivity (Wildman–Crippen MR) is 70.3 cm³/mol. The molecule has 2 nitrogen and oxygen atoms in total. The highest BCUT2D eigenvalue weighted by Crippen LogP contribution is 2.30. The summed E-state index contributed by atoms with van der Waals surface area (Å²) in [6, 6.07) is 6.01. The van der Waals surface area contributed by atoms with Gasteiger partial charge in [0, 0.05) is 15.1 Å². The van der Waals surface area contributed by atoms with Gasteiger partial charge in [-0.1, -0.05) is 0 Å². The number of nitrogen functional groups attached to an aromatic ring is 1. The monoisotopic (exact) mass is 286 g/mol. The normalized spacial score (nSPS) is 16.3. The third-order valence-electron chi connectivity index (χ3n) is 2.61. The molecule has 0 spiro atoms. The fourth-order valence-corrected chi connectivity index (χ4v) is 3.29. The van der Waals surface area contributed by atoms with Crippen LogP contribution in [-0.2, 0) is 0 Å². The summed E-state index contributed by atoms with van der Waals surface area (Å²) in [5, 5.41) is 3.29. The molecule has 4 heteroatoms. The number of nitrogens with one attached hydrogen (secondary N) is 1. The van der Waals surface area contributed by atoms with Crippen molar-refractivity contribution in [3.05, 3.63) is 22.7 Å². The first-order valence-corrected chi connectivity index (χ1v) is 6.92. The van der Waals surface area contributed by atoms with E-state index >= 15 is 0 Å². The lowest BCUT2D eigenvalue weighted by atomic mass is 10.0. The van der Waals surface area contributed by atoms with Gasteiger partial charge in [-0.25, -0.2) is 0 Å². The Hall–Kier alpha value is -0.190. The van der Waals surface area contributed by atoms with Crippen LogP contribution in [0.3, 0.4) is 0 Å². The molecule has 3 N–H and O–H groups in total. The molecule has 0 radical (unpaired) electrons. The van der Waals surface area contributed by atoms with Crippen molar-refractivity contribution in [1.29, 1.82) is 0 Å². The largest absolute Gasteiger partial charge is 0.399 e. The lowest BCUT2D eigenvalue weighted by Crippen LogP contribution is -2.42.